The lowest BCUT2D eigenvalue weighted by Crippen LogP contribution is -2.40. The summed E-state index contributed by atoms with van der Waals surface area (Å²) in [5, 5.41) is 0. The zero-order valence-electron chi connectivity index (χ0n) is 14.0. The second-order valence-corrected chi connectivity index (χ2v) is 6.13. The van der Waals surface area contributed by atoms with E-state index >= 15 is 0 Å². The number of nitrogens with zero attached hydrogens (tertiary/aromatic N) is 3. The normalized spacial score (nSPS) is 16.9. The molecule has 0 radical (unpaired) electrons. The molecule has 6 heteroatoms. The van der Waals surface area contributed by atoms with Crippen LogP contribution in [0.4, 0.5) is 0 Å². The van der Waals surface area contributed by atoms with Crippen LogP contribution < -0.4 is 5.73 Å². The van der Waals surface area contributed by atoms with E-state index in [4.69, 9.17) is 5.73 Å². The molecule has 1 aromatic carbocycles. The first-order valence-electron chi connectivity index (χ1n) is 8.44. The molecule has 0 aliphatic carbocycles. The summed E-state index contributed by atoms with van der Waals surface area (Å²) < 4.78 is 0. The molecule has 1 fully saturated rings. The molecular formula is C19H22N4O2. The lowest BCUT2D eigenvalue weighted by atomic mass is 10.0. The van der Waals surface area contributed by atoms with Crippen LogP contribution in [-0.4, -0.2) is 52.8 Å². The number of carbonyl (C=O) groups is 2. The molecule has 3 rings (SSSR count). The predicted molar refractivity (Wildman–Crippen MR) is 94.7 cm³/mol. The fourth-order valence-electron chi connectivity index (χ4n) is 3.27. The van der Waals surface area contributed by atoms with Crippen LogP contribution in [0.3, 0.4) is 0 Å². The van der Waals surface area contributed by atoms with E-state index in [0.29, 0.717) is 25.2 Å². The Bertz CT molecular complexity index is 721. The number of rotatable bonds is 4. The zero-order valence-corrected chi connectivity index (χ0v) is 14.0. The van der Waals surface area contributed by atoms with Crippen LogP contribution in [-0.2, 0) is 4.79 Å². The molecule has 1 saturated heterocycles. The van der Waals surface area contributed by atoms with Crippen LogP contribution in [0.15, 0.2) is 54.9 Å². The van der Waals surface area contributed by atoms with Crippen molar-refractivity contribution in [3.05, 3.63) is 66.0 Å². The maximum Gasteiger partial charge on any atom is 0.254 e. The van der Waals surface area contributed by atoms with Crippen molar-refractivity contribution in [1.82, 2.24) is 14.8 Å². The Morgan fingerprint density at radius 2 is 1.68 bits per heavy atom. The van der Waals surface area contributed by atoms with Gasteiger partial charge in [0.1, 0.15) is 6.04 Å². The number of pyridine rings is 1. The number of nitrogens with two attached hydrogens (primary N) is 1. The number of carbonyl (C=O) groups excluding carboxylic acids is 2. The van der Waals surface area contributed by atoms with E-state index in [-0.39, 0.29) is 11.8 Å². The lowest BCUT2D eigenvalue weighted by molar-refractivity contribution is -0.123. The second-order valence-electron chi connectivity index (χ2n) is 6.13. The number of hydrogen-bond acceptors (Lipinski definition) is 4. The van der Waals surface area contributed by atoms with Crippen LogP contribution in [0.2, 0.25) is 0 Å². The van der Waals surface area contributed by atoms with E-state index in [1.54, 1.807) is 24.5 Å². The fraction of sp³-hybridized carbons (Fsp3) is 0.316. The van der Waals surface area contributed by atoms with Crippen LogP contribution in [0, 0.1) is 0 Å². The van der Waals surface area contributed by atoms with E-state index in [0.717, 1.165) is 18.5 Å². The second kappa shape index (κ2) is 7.90. The van der Waals surface area contributed by atoms with Gasteiger partial charge in [0.15, 0.2) is 0 Å². The van der Waals surface area contributed by atoms with Gasteiger partial charge in [-0.1, -0.05) is 30.3 Å². The maximum atomic E-state index is 12.6. The highest BCUT2D eigenvalue weighted by atomic mass is 16.2. The van der Waals surface area contributed by atoms with Gasteiger partial charge in [-0.25, -0.2) is 0 Å². The summed E-state index contributed by atoms with van der Waals surface area (Å²) in [5.41, 5.74) is 7.20. The summed E-state index contributed by atoms with van der Waals surface area (Å²) in [5.74, 6) is -0.361. The first-order valence-corrected chi connectivity index (χ1v) is 8.44. The minimum atomic E-state index is -0.461. The quantitative estimate of drug-likeness (QED) is 0.915. The van der Waals surface area contributed by atoms with Crippen molar-refractivity contribution in [2.45, 2.75) is 12.5 Å². The Labute approximate surface area is 147 Å². The molecule has 1 aliphatic heterocycles. The first-order chi connectivity index (χ1) is 12.2. The third-order valence-corrected chi connectivity index (χ3v) is 4.49. The van der Waals surface area contributed by atoms with E-state index < -0.39 is 6.04 Å². The molecule has 2 heterocycles. The molecule has 130 valence electrons. The van der Waals surface area contributed by atoms with Gasteiger partial charge >= 0.3 is 0 Å². The highest BCUT2D eigenvalue weighted by Gasteiger charge is 2.28. The van der Waals surface area contributed by atoms with Crippen LogP contribution in [0.1, 0.15) is 28.4 Å². The largest absolute Gasteiger partial charge is 0.368 e. The summed E-state index contributed by atoms with van der Waals surface area (Å²) in [6.45, 7) is 2.57. The van der Waals surface area contributed by atoms with Gasteiger partial charge < -0.3 is 10.6 Å². The number of amides is 2. The third kappa shape index (κ3) is 4.03. The van der Waals surface area contributed by atoms with Gasteiger partial charge in [0.2, 0.25) is 5.91 Å². The van der Waals surface area contributed by atoms with Crippen molar-refractivity contribution in [2.75, 3.05) is 26.2 Å². The minimum absolute atomic E-state index is 0.000383. The van der Waals surface area contributed by atoms with Gasteiger partial charge in [-0.05, 0) is 24.1 Å². The van der Waals surface area contributed by atoms with Gasteiger partial charge in [-0.3, -0.25) is 19.5 Å². The van der Waals surface area contributed by atoms with Crippen molar-refractivity contribution in [3.8, 4) is 0 Å². The Kier molecular flexibility index (Phi) is 5.40. The SMILES string of the molecule is NC(=O)[C@H](c1ccccc1)N1CCCN(C(=O)c2ccncc2)CC1. The molecular weight excluding hydrogens is 316 g/mol. The Balaban J connectivity index is 1.72. The van der Waals surface area contributed by atoms with E-state index in [1.807, 2.05) is 35.2 Å². The minimum Gasteiger partial charge on any atom is -0.368 e. The van der Waals surface area contributed by atoms with Gasteiger partial charge in [0, 0.05) is 44.1 Å². The van der Waals surface area contributed by atoms with Crippen molar-refractivity contribution in [2.24, 2.45) is 5.73 Å². The lowest BCUT2D eigenvalue weighted by Gasteiger charge is -2.28. The average Bonchev–Trinajstić information content (AvgIpc) is 2.89. The summed E-state index contributed by atoms with van der Waals surface area (Å²) in [6.07, 6.45) is 4.04. The molecule has 6 nitrogen and oxygen atoms in total. The molecule has 1 atom stereocenters. The van der Waals surface area contributed by atoms with Gasteiger partial charge in [0.25, 0.3) is 5.91 Å². The summed E-state index contributed by atoms with van der Waals surface area (Å²) >= 11 is 0. The summed E-state index contributed by atoms with van der Waals surface area (Å²) in [7, 11) is 0. The molecule has 0 spiro atoms. The first kappa shape index (κ1) is 17.1. The molecule has 0 unspecified atom stereocenters. The molecule has 2 N–H and O–H groups in total. The van der Waals surface area contributed by atoms with Crippen molar-refractivity contribution in [1.29, 1.82) is 0 Å². The van der Waals surface area contributed by atoms with E-state index in [2.05, 4.69) is 9.88 Å². The Morgan fingerprint density at radius 1 is 0.960 bits per heavy atom. The van der Waals surface area contributed by atoms with E-state index in [9.17, 15) is 9.59 Å². The molecule has 1 aliphatic rings. The number of benzene rings is 1. The molecule has 0 saturated carbocycles. The number of hydrogen-bond donors (Lipinski definition) is 1. The van der Waals surface area contributed by atoms with Crippen LogP contribution >= 0.6 is 0 Å². The van der Waals surface area contributed by atoms with Gasteiger partial charge in [-0.15, -0.1) is 0 Å². The Hall–Kier alpha value is -2.73. The number of aromatic nitrogens is 1. The third-order valence-electron chi connectivity index (χ3n) is 4.49. The maximum absolute atomic E-state index is 12.6. The Morgan fingerprint density at radius 3 is 2.36 bits per heavy atom. The van der Waals surface area contributed by atoms with Crippen LogP contribution in [0.5, 0.6) is 0 Å². The van der Waals surface area contributed by atoms with Gasteiger partial charge in [0.05, 0.1) is 0 Å². The topological polar surface area (TPSA) is 79.5 Å². The smallest absolute Gasteiger partial charge is 0.254 e. The zero-order chi connectivity index (χ0) is 17.6. The summed E-state index contributed by atoms with van der Waals surface area (Å²) in [6, 6.07) is 12.5. The van der Waals surface area contributed by atoms with Crippen molar-refractivity contribution < 1.29 is 9.59 Å². The highest BCUT2D eigenvalue weighted by molar-refractivity contribution is 5.94. The summed E-state index contributed by atoms with van der Waals surface area (Å²) in [4.78, 5) is 32.5. The molecule has 1 aromatic heterocycles. The van der Waals surface area contributed by atoms with Gasteiger partial charge in [-0.2, -0.15) is 0 Å². The van der Waals surface area contributed by atoms with Crippen LogP contribution in [0.25, 0.3) is 0 Å². The molecule has 2 aromatic rings. The highest BCUT2D eigenvalue weighted by Crippen LogP contribution is 2.22. The predicted octanol–water partition coefficient (Wildman–Crippen LogP) is 1.46. The molecule has 0 bridgehead atoms. The number of primary amides is 1. The van der Waals surface area contributed by atoms with Crippen molar-refractivity contribution in [3.63, 3.8) is 0 Å². The van der Waals surface area contributed by atoms with Crippen molar-refractivity contribution >= 4 is 11.8 Å². The fourth-order valence-corrected chi connectivity index (χ4v) is 3.27. The monoisotopic (exact) mass is 338 g/mol. The average molecular weight is 338 g/mol. The van der Waals surface area contributed by atoms with E-state index in [1.165, 1.54) is 0 Å². The molecule has 25 heavy (non-hydrogen) atoms. The standard InChI is InChI=1S/C19H22N4O2/c20-18(24)17(15-5-2-1-3-6-15)22-11-4-12-23(14-13-22)19(25)16-7-9-21-10-8-16/h1-3,5-10,17H,4,11-14H2,(H2,20,24)/t17-/m0/s1. The molecule has 2 amide bonds.